The average Bonchev–Trinajstić information content (AvgIpc) is 1.95. The molecule has 1 heterocycles. The Hall–Kier alpha value is 1.21. The van der Waals surface area contributed by atoms with Crippen LogP contribution in [0.15, 0.2) is 0 Å². The van der Waals surface area contributed by atoms with Gasteiger partial charge in [-0.1, -0.05) is 15.9 Å². The van der Waals surface area contributed by atoms with Crippen molar-refractivity contribution in [2.75, 3.05) is 25.0 Å². The second kappa shape index (κ2) is 6.70. The van der Waals surface area contributed by atoms with E-state index in [4.69, 9.17) is 11.6 Å². The van der Waals surface area contributed by atoms with E-state index in [0.717, 1.165) is 18.2 Å². The van der Waals surface area contributed by atoms with Crippen molar-refractivity contribution in [2.45, 2.75) is 18.2 Å². The van der Waals surface area contributed by atoms with Gasteiger partial charge >= 0.3 is 0 Å². The van der Waals surface area contributed by atoms with Crippen LogP contribution < -0.4 is 0 Å². The minimum absolute atomic E-state index is 0. The molecule has 0 spiro atoms. The molecular formula is C7H14Br2ClN. The SMILES string of the molecule is Br.ClC1CCN(CCBr)CC1. The van der Waals surface area contributed by atoms with Crippen LogP contribution in [0.5, 0.6) is 0 Å². The Morgan fingerprint density at radius 2 is 1.91 bits per heavy atom. The van der Waals surface area contributed by atoms with Gasteiger partial charge in [-0.15, -0.1) is 28.6 Å². The Bertz CT molecular complexity index is 94.4. The van der Waals surface area contributed by atoms with Crippen molar-refractivity contribution >= 4 is 44.5 Å². The maximum absolute atomic E-state index is 5.94. The van der Waals surface area contributed by atoms with Crippen LogP contribution in [-0.4, -0.2) is 35.2 Å². The molecule has 1 aliphatic rings. The molecule has 0 aliphatic carbocycles. The smallest absolute Gasteiger partial charge is 0.0360 e. The summed E-state index contributed by atoms with van der Waals surface area (Å²) in [5.74, 6) is 0. The van der Waals surface area contributed by atoms with Gasteiger partial charge in [0.15, 0.2) is 0 Å². The molecule has 0 N–H and O–H groups in total. The molecule has 0 aromatic carbocycles. The van der Waals surface area contributed by atoms with Gasteiger partial charge in [-0.2, -0.15) is 0 Å². The van der Waals surface area contributed by atoms with Gasteiger partial charge in [0.1, 0.15) is 0 Å². The summed E-state index contributed by atoms with van der Waals surface area (Å²) >= 11 is 9.37. The third-order valence-corrected chi connectivity index (χ3v) is 2.71. The Labute approximate surface area is 92.4 Å². The van der Waals surface area contributed by atoms with Crippen molar-refractivity contribution in [1.29, 1.82) is 0 Å². The molecule has 0 amide bonds. The summed E-state index contributed by atoms with van der Waals surface area (Å²) in [6.45, 7) is 3.53. The van der Waals surface area contributed by atoms with Gasteiger partial charge in [-0.25, -0.2) is 0 Å². The molecule has 1 saturated heterocycles. The Morgan fingerprint density at radius 1 is 1.36 bits per heavy atom. The van der Waals surface area contributed by atoms with Crippen LogP contribution in [0.4, 0.5) is 0 Å². The van der Waals surface area contributed by atoms with Gasteiger partial charge in [0, 0.05) is 17.3 Å². The lowest BCUT2D eigenvalue weighted by molar-refractivity contribution is 0.245. The quantitative estimate of drug-likeness (QED) is 0.709. The summed E-state index contributed by atoms with van der Waals surface area (Å²) in [5.41, 5.74) is 0. The van der Waals surface area contributed by atoms with Crippen LogP contribution >= 0.6 is 44.5 Å². The van der Waals surface area contributed by atoms with E-state index >= 15 is 0 Å². The first-order valence-corrected chi connectivity index (χ1v) is 5.31. The number of rotatable bonds is 2. The number of likely N-dealkylation sites (tertiary alicyclic amines) is 1. The third kappa shape index (κ3) is 4.71. The summed E-state index contributed by atoms with van der Waals surface area (Å²) in [4.78, 5) is 2.45. The Morgan fingerprint density at radius 3 is 2.36 bits per heavy atom. The molecule has 1 fully saturated rings. The van der Waals surface area contributed by atoms with Crippen LogP contribution in [0, 0.1) is 0 Å². The fourth-order valence-corrected chi connectivity index (χ4v) is 1.94. The predicted octanol–water partition coefficient (Wildman–Crippen LogP) is 2.66. The molecule has 11 heavy (non-hydrogen) atoms. The van der Waals surface area contributed by atoms with Gasteiger partial charge in [-0.3, -0.25) is 0 Å². The van der Waals surface area contributed by atoms with Crippen molar-refractivity contribution < 1.29 is 0 Å². The predicted molar refractivity (Wildman–Crippen MR) is 59.4 cm³/mol. The normalized spacial score (nSPS) is 21.3. The third-order valence-electron chi connectivity index (χ3n) is 1.92. The lowest BCUT2D eigenvalue weighted by atomic mass is 10.1. The molecule has 68 valence electrons. The second-order valence-corrected chi connectivity index (χ2v) is 4.12. The van der Waals surface area contributed by atoms with Crippen LogP contribution in [0.25, 0.3) is 0 Å². The molecule has 1 aliphatic heterocycles. The van der Waals surface area contributed by atoms with Crippen molar-refractivity contribution in [2.24, 2.45) is 0 Å². The summed E-state index contributed by atoms with van der Waals surface area (Å²) in [6, 6.07) is 0. The van der Waals surface area contributed by atoms with Crippen LogP contribution in [0.3, 0.4) is 0 Å². The van der Waals surface area contributed by atoms with Crippen molar-refractivity contribution in [3.05, 3.63) is 0 Å². The zero-order valence-electron chi connectivity index (χ0n) is 6.43. The highest BCUT2D eigenvalue weighted by atomic mass is 79.9. The summed E-state index contributed by atoms with van der Waals surface area (Å²) < 4.78 is 0. The molecular weight excluding hydrogens is 293 g/mol. The maximum Gasteiger partial charge on any atom is 0.0360 e. The van der Waals surface area contributed by atoms with Gasteiger partial charge in [0.2, 0.25) is 0 Å². The molecule has 0 bridgehead atoms. The number of nitrogens with zero attached hydrogens (tertiary/aromatic N) is 1. The highest BCUT2D eigenvalue weighted by Crippen LogP contribution is 2.14. The first-order valence-electron chi connectivity index (χ1n) is 3.75. The highest BCUT2D eigenvalue weighted by molar-refractivity contribution is 9.09. The average molecular weight is 307 g/mol. The number of hydrogen-bond donors (Lipinski definition) is 0. The first kappa shape index (κ1) is 12.2. The van der Waals surface area contributed by atoms with E-state index in [0.29, 0.717) is 5.38 Å². The fourth-order valence-electron chi connectivity index (χ4n) is 1.24. The zero-order chi connectivity index (χ0) is 7.40. The van der Waals surface area contributed by atoms with E-state index in [1.54, 1.807) is 0 Å². The van der Waals surface area contributed by atoms with Crippen LogP contribution in [0.1, 0.15) is 12.8 Å². The number of hydrogen-bond acceptors (Lipinski definition) is 1. The van der Waals surface area contributed by atoms with E-state index < -0.39 is 0 Å². The molecule has 0 unspecified atom stereocenters. The second-order valence-electron chi connectivity index (χ2n) is 2.71. The Kier molecular flexibility index (Phi) is 7.43. The topological polar surface area (TPSA) is 3.24 Å². The summed E-state index contributed by atoms with van der Waals surface area (Å²) in [6.07, 6.45) is 2.32. The molecule has 0 radical (unpaired) electrons. The summed E-state index contributed by atoms with van der Waals surface area (Å²) in [5, 5.41) is 1.52. The largest absolute Gasteiger partial charge is 0.302 e. The molecule has 0 aromatic rings. The summed E-state index contributed by atoms with van der Waals surface area (Å²) in [7, 11) is 0. The molecule has 0 saturated carbocycles. The molecule has 0 aromatic heterocycles. The van der Waals surface area contributed by atoms with Gasteiger partial charge in [0.25, 0.3) is 0 Å². The van der Waals surface area contributed by atoms with Gasteiger partial charge in [-0.05, 0) is 25.9 Å². The minimum atomic E-state index is 0. The molecule has 1 nitrogen and oxygen atoms in total. The number of piperidine rings is 1. The van der Waals surface area contributed by atoms with Crippen molar-refractivity contribution in [1.82, 2.24) is 4.90 Å². The highest BCUT2D eigenvalue weighted by Gasteiger charge is 2.15. The molecule has 1 rings (SSSR count). The van der Waals surface area contributed by atoms with Crippen LogP contribution in [0.2, 0.25) is 0 Å². The van der Waals surface area contributed by atoms with Gasteiger partial charge < -0.3 is 4.90 Å². The van der Waals surface area contributed by atoms with E-state index in [-0.39, 0.29) is 17.0 Å². The lowest BCUT2D eigenvalue weighted by Crippen LogP contribution is -2.35. The maximum atomic E-state index is 5.94. The first-order chi connectivity index (χ1) is 4.83. The fraction of sp³-hybridized carbons (Fsp3) is 1.00. The van der Waals surface area contributed by atoms with Gasteiger partial charge in [0.05, 0.1) is 0 Å². The number of alkyl halides is 2. The number of halogens is 3. The molecule has 4 heteroatoms. The Balaban J connectivity index is 0.000001000. The van der Waals surface area contributed by atoms with Crippen molar-refractivity contribution in [3.8, 4) is 0 Å². The zero-order valence-corrected chi connectivity index (χ0v) is 10.5. The minimum Gasteiger partial charge on any atom is -0.302 e. The molecule has 0 atom stereocenters. The van der Waals surface area contributed by atoms with Crippen LogP contribution in [-0.2, 0) is 0 Å². The lowest BCUT2D eigenvalue weighted by Gasteiger charge is -2.28. The van der Waals surface area contributed by atoms with E-state index in [2.05, 4.69) is 20.8 Å². The van der Waals surface area contributed by atoms with Crippen molar-refractivity contribution in [3.63, 3.8) is 0 Å². The van der Waals surface area contributed by atoms with E-state index in [1.807, 2.05) is 0 Å². The van der Waals surface area contributed by atoms with E-state index in [9.17, 15) is 0 Å². The monoisotopic (exact) mass is 305 g/mol. The van der Waals surface area contributed by atoms with E-state index in [1.165, 1.54) is 19.6 Å². The standard InChI is InChI=1S/C7H13BrClN.BrH/c8-3-6-10-4-1-7(9)2-5-10;/h7H,1-6H2;1H.